The van der Waals surface area contributed by atoms with Crippen LogP contribution in [0.3, 0.4) is 0 Å². The van der Waals surface area contributed by atoms with Crippen molar-refractivity contribution in [3.63, 3.8) is 0 Å². The smallest absolute Gasteiger partial charge is 0.258 e. The molecule has 6 heteroatoms. The summed E-state index contributed by atoms with van der Waals surface area (Å²) in [6.07, 6.45) is 0. The Morgan fingerprint density at radius 3 is 2.54 bits per heavy atom. The topological polar surface area (TPSA) is 66.9 Å². The Morgan fingerprint density at radius 1 is 1.46 bits per heavy atom. The first-order chi connectivity index (χ1) is 6.07. The number of hydrogen-bond acceptors (Lipinski definition) is 3. The first kappa shape index (κ1) is 9.06. The van der Waals surface area contributed by atoms with Crippen molar-refractivity contribution in [3.8, 4) is 6.07 Å². The first-order valence-corrected chi connectivity index (χ1v) is 3.10. The van der Waals surface area contributed by atoms with E-state index in [9.17, 15) is 18.9 Å². The van der Waals surface area contributed by atoms with E-state index in [2.05, 4.69) is 0 Å². The summed E-state index contributed by atoms with van der Waals surface area (Å²) >= 11 is 0. The van der Waals surface area contributed by atoms with Crippen molar-refractivity contribution >= 4 is 5.69 Å². The molecule has 0 aliphatic heterocycles. The third kappa shape index (κ3) is 1.44. The van der Waals surface area contributed by atoms with E-state index in [-0.39, 0.29) is 0 Å². The molecule has 0 aromatic heterocycles. The molecule has 0 bridgehead atoms. The Labute approximate surface area is 71.2 Å². The molecule has 4 nitrogen and oxygen atoms in total. The van der Waals surface area contributed by atoms with Crippen LogP contribution in [0, 0.1) is 33.1 Å². The van der Waals surface area contributed by atoms with Crippen LogP contribution in [0.2, 0.25) is 0 Å². The molecule has 0 fully saturated rings. The van der Waals surface area contributed by atoms with Gasteiger partial charge in [-0.1, -0.05) is 0 Å². The number of benzene rings is 1. The molecule has 1 rings (SSSR count). The first-order valence-electron chi connectivity index (χ1n) is 3.10. The van der Waals surface area contributed by atoms with Crippen LogP contribution in [-0.4, -0.2) is 4.92 Å². The van der Waals surface area contributed by atoms with Crippen LogP contribution in [0.25, 0.3) is 0 Å². The van der Waals surface area contributed by atoms with Gasteiger partial charge in [0.2, 0.25) is 5.82 Å². The van der Waals surface area contributed by atoms with Crippen LogP contribution in [0.5, 0.6) is 0 Å². The highest BCUT2D eigenvalue weighted by atomic mass is 19.2. The Kier molecular flexibility index (Phi) is 2.19. The highest BCUT2D eigenvalue weighted by Gasteiger charge is 2.23. The van der Waals surface area contributed by atoms with Gasteiger partial charge in [-0.3, -0.25) is 10.1 Å². The van der Waals surface area contributed by atoms with Crippen molar-refractivity contribution < 1.29 is 13.7 Å². The van der Waals surface area contributed by atoms with Crippen LogP contribution in [-0.2, 0) is 0 Å². The molecule has 0 radical (unpaired) electrons. The monoisotopic (exact) mass is 184 g/mol. The second kappa shape index (κ2) is 3.15. The van der Waals surface area contributed by atoms with Gasteiger partial charge in [-0.2, -0.15) is 9.65 Å². The average Bonchev–Trinajstić information content (AvgIpc) is 2.08. The van der Waals surface area contributed by atoms with E-state index in [1.165, 1.54) is 6.07 Å². The summed E-state index contributed by atoms with van der Waals surface area (Å²) in [4.78, 5) is 9.07. The van der Waals surface area contributed by atoms with Gasteiger partial charge in [-0.15, -0.1) is 0 Å². The number of rotatable bonds is 1. The molecule has 0 N–H and O–H groups in total. The van der Waals surface area contributed by atoms with Gasteiger partial charge >= 0.3 is 5.69 Å². The minimum Gasteiger partial charge on any atom is -0.258 e. The number of halogens is 2. The summed E-state index contributed by atoms with van der Waals surface area (Å²) in [5, 5.41) is 18.5. The van der Waals surface area contributed by atoms with E-state index in [1.54, 1.807) is 0 Å². The van der Waals surface area contributed by atoms with Gasteiger partial charge in [-0.05, 0) is 12.1 Å². The molecule has 0 atom stereocenters. The van der Waals surface area contributed by atoms with Gasteiger partial charge in [0.15, 0.2) is 5.82 Å². The minimum absolute atomic E-state index is 0.496. The van der Waals surface area contributed by atoms with Crippen molar-refractivity contribution in [2.45, 2.75) is 0 Å². The van der Waals surface area contributed by atoms with E-state index in [0.29, 0.717) is 6.07 Å². The summed E-state index contributed by atoms with van der Waals surface area (Å²) in [5.74, 6) is -2.95. The van der Waals surface area contributed by atoms with E-state index in [1.807, 2.05) is 0 Å². The molecule has 13 heavy (non-hydrogen) atoms. The van der Waals surface area contributed by atoms with Crippen LogP contribution >= 0.6 is 0 Å². The molecule has 0 saturated carbocycles. The van der Waals surface area contributed by atoms with Crippen LogP contribution < -0.4 is 0 Å². The van der Waals surface area contributed by atoms with Gasteiger partial charge < -0.3 is 0 Å². The summed E-state index contributed by atoms with van der Waals surface area (Å²) in [6.45, 7) is 0. The Balaban J connectivity index is 3.53. The predicted octanol–water partition coefficient (Wildman–Crippen LogP) is 1.74. The normalized spacial score (nSPS) is 9.31. The standard InChI is InChI=1S/C7H2F2N2O2/c8-5-2-1-4(3-10)7(6(5)9)11(12)13/h1-2H. The number of hydrogen-bond donors (Lipinski definition) is 0. The van der Waals surface area contributed by atoms with Gasteiger partial charge in [0.25, 0.3) is 0 Å². The maximum absolute atomic E-state index is 12.7. The molecule has 0 aliphatic carbocycles. The second-order valence-corrected chi connectivity index (χ2v) is 2.13. The lowest BCUT2D eigenvalue weighted by Crippen LogP contribution is -1.98. The molecule has 1 aromatic carbocycles. The average molecular weight is 184 g/mol. The fourth-order valence-electron chi connectivity index (χ4n) is 0.809. The summed E-state index contributed by atoms with van der Waals surface area (Å²) in [6, 6.07) is 2.92. The number of nitrogens with zero attached hydrogens (tertiary/aromatic N) is 2. The SMILES string of the molecule is N#Cc1ccc(F)c(F)c1[N+](=O)[O-]. The van der Waals surface area contributed by atoms with Crippen molar-refractivity contribution in [2.24, 2.45) is 0 Å². The Hall–Kier alpha value is -2.03. The molecule has 1 aromatic rings. The third-order valence-corrected chi connectivity index (χ3v) is 1.37. The highest BCUT2D eigenvalue weighted by molar-refractivity contribution is 5.49. The summed E-state index contributed by atoms with van der Waals surface area (Å²) in [7, 11) is 0. The number of nitro groups is 1. The molecular weight excluding hydrogens is 182 g/mol. The number of nitriles is 1. The van der Waals surface area contributed by atoms with Crippen LogP contribution in [0.4, 0.5) is 14.5 Å². The van der Waals surface area contributed by atoms with E-state index in [4.69, 9.17) is 5.26 Å². The Morgan fingerprint density at radius 2 is 2.08 bits per heavy atom. The van der Waals surface area contributed by atoms with E-state index >= 15 is 0 Å². The predicted molar refractivity (Wildman–Crippen MR) is 37.7 cm³/mol. The summed E-state index contributed by atoms with van der Waals surface area (Å²) in [5.41, 5.74) is -1.62. The molecule has 0 saturated heterocycles. The maximum Gasteiger partial charge on any atom is 0.325 e. The van der Waals surface area contributed by atoms with Gasteiger partial charge in [0.05, 0.1) is 4.92 Å². The molecule has 0 spiro atoms. The third-order valence-electron chi connectivity index (χ3n) is 1.37. The molecule has 66 valence electrons. The fourth-order valence-corrected chi connectivity index (χ4v) is 0.809. The van der Waals surface area contributed by atoms with Crippen molar-refractivity contribution in [2.75, 3.05) is 0 Å². The van der Waals surface area contributed by atoms with Crippen molar-refractivity contribution in [1.82, 2.24) is 0 Å². The quantitative estimate of drug-likeness (QED) is 0.493. The largest absolute Gasteiger partial charge is 0.325 e. The van der Waals surface area contributed by atoms with Gasteiger partial charge in [0, 0.05) is 0 Å². The summed E-state index contributed by atoms with van der Waals surface area (Å²) < 4.78 is 25.2. The highest BCUT2D eigenvalue weighted by Crippen LogP contribution is 2.23. The van der Waals surface area contributed by atoms with Crippen LogP contribution in [0.15, 0.2) is 12.1 Å². The lowest BCUT2D eigenvalue weighted by atomic mass is 10.2. The zero-order chi connectivity index (χ0) is 10.0. The number of nitro benzene ring substituents is 1. The molecule has 0 unspecified atom stereocenters. The Bertz CT molecular complexity index is 412. The van der Waals surface area contributed by atoms with Crippen LogP contribution in [0.1, 0.15) is 5.56 Å². The fraction of sp³-hybridized carbons (Fsp3) is 0. The van der Waals surface area contributed by atoms with E-state index < -0.39 is 27.8 Å². The van der Waals surface area contributed by atoms with Crippen molar-refractivity contribution in [1.29, 1.82) is 5.26 Å². The zero-order valence-corrected chi connectivity index (χ0v) is 6.12. The van der Waals surface area contributed by atoms with Crippen molar-refractivity contribution in [3.05, 3.63) is 39.4 Å². The van der Waals surface area contributed by atoms with Gasteiger partial charge in [0.1, 0.15) is 11.6 Å². The zero-order valence-electron chi connectivity index (χ0n) is 6.12. The van der Waals surface area contributed by atoms with Gasteiger partial charge in [-0.25, -0.2) is 4.39 Å². The minimum atomic E-state index is -1.61. The molecular formula is C7H2F2N2O2. The maximum atomic E-state index is 12.7. The van der Waals surface area contributed by atoms with E-state index in [0.717, 1.165) is 6.07 Å². The molecule has 0 amide bonds. The molecule has 0 aliphatic rings. The molecule has 0 heterocycles. The lowest BCUT2D eigenvalue weighted by molar-refractivity contribution is -0.388. The second-order valence-electron chi connectivity index (χ2n) is 2.13. The lowest BCUT2D eigenvalue weighted by Gasteiger charge is -1.96.